The van der Waals surface area contributed by atoms with E-state index in [2.05, 4.69) is 23.1 Å². The zero-order chi connectivity index (χ0) is 10.9. The molecule has 0 atom stereocenters. The lowest BCUT2D eigenvalue weighted by Gasteiger charge is -2.11. The number of anilines is 1. The summed E-state index contributed by atoms with van der Waals surface area (Å²) in [5.74, 6) is 0. The zero-order valence-corrected chi connectivity index (χ0v) is 9.73. The van der Waals surface area contributed by atoms with Crippen molar-refractivity contribution < 1.29 is 0 Å². The third-order valence-electron chi connectivity index (χ3n) is 1.91. The summed E-state index contributed by atoms with van der Waals surface area (Å²) in [6, 6.07) is 9.86. The molecule has 0 radical (unpaired) electrons. The Morgan fingerprint density at radius 3 is 2.67 bits per heavy atom. The molecule has 0 heterocycles. The van der Waals surface area contributed by atoms with E-state index < -0.39 is 0 Å². The van der Waals surface area contributed by atoms with Crippen LogP contribution >= 0.6 is 12.2 Å². The van der Waals surface area contributed by atoms with Crippen molar-refractivity contribution in [1.82, 2.24) is 10.7 Å². The fourth-order valence-electron chi connectivity index (χ4n) is 1.07. The molecule has 82 valence electrons. The van der Waals surface area contributed by atoms with Crippen molar-refractivity contribution in [2.75, 3.05) is 12.0 Å². The van der Waals surface area contributed by atoms with Crippen molar-refractivity contribution in [1.29, 1.82) is 0 Å². The maximum absolute atomic E-state index is 5.08. The van der Waals surface area contributed by atoms with E-state index in [4.69, 9.17) is 12.2 Å². The van der Waals surface area contributed by atoms with Gasteiger partial charge in [-0.05, 0) is 30.8 Å². The van der Waals surface area contributed by atoms with E-state index in [0.717, 1.165) is 18.7 Å². The number of para-hydroxylation sites is 1. The Balaban J connectivity index is 2.17. The van der Waals surface area contributed by atoms with Crippen LogP contribution < -0.4 is 16.2 Å². The van der Waals surface area contributed by atoms with Crippen LogP contribution in [-0.4, -0.2) is 11.7 Å². The molecular formula is C11H17N3S. The van der Waals surface area contributed by atoms with Crippen LogP contribution in [0.4, 0.5) is 5.69 Å². The zero-order valence-electron chi connectivity index (χ0n) is 8.92. The fraction of sp³-hybridized carbons (Fsp3) is 0.364. The summed E-state index contributed by atoms with van der Waals surface area (Å²) >= 11 is 5.08. The Labute approximate surface area is 96.2 Å². The number of benzene rings is 1. The second-order valence-corrected chi connectivity index (χ2v) is 3.63. The molecule has 0 amide bonds. The molecule has 0 saturated heterocycles. The molecule has 0 aliphatic heterocycles. The Kier molecular flexibility index (Phi) is 5.55. The lowest BCUT2D eigenvalue weighted by atomic mass is 10.3. The fourth-order valence-corrected chi connectivity index (χ4v) is 1.23. The first-order valence-corrected chi connectivity index (χ1v) is 5.58. The van der Waals surface area contributed by atoms with E-state index in [1.54, 1.807) is 0 Å². The van der Waals surface area contributed by atoms with Gasteiger partial charge in [0.1, 0.15) is 0 Å². The topological polar surface area (TPSA) is 36.1 Å². The molecule has 0 aromatic heterocycles. The molecule has 1 aromatic carbocycles. The SMILES string of the molecule is CCCCNC(=S)NNc1ccccc1. The molecule has 0 fully saturated rings. The molecule has 0 spiro atoms. The third kappa shape index (κ3) is 5.22. The normalized spacial score (nSPS) is 9.40. The first kappa shape index (κ1) is 11.8. The number of hydrogen-bond acceptors (Lipinski definition) is 2. The Hall–Kier alpha value is -1.29. The molecule has 0 aliphatic rings. The Morgan fingerprint density at radius 1 is 1.27 bits per heavy atom. The minimum Gasteiger partial charge on any atom is -0.361 e. The van der Waals surface area contributed by atoms with Crippen LogP contribution in [-0.2, 0) is 0 Å². The molecule has 0 unspecified atom stereocenters. The maximum Gasteiger partial charge on any atom is 0.185 e. The van der Waals surface area contributed by atoms with Gasteiger partial charge in [-0.25, -0.2) is 0 Å². The predicted octanol–water partition coefficient (Wildman–Crippen LogP) is 2.28. The van der Waals surface area contributed by atoms with Gasteiger partial charge in [-0.15, -0.1) is 0 Å². The Morgan fingerprint density at radius 2 is 2.00 bits per heavy atom. The summed E-state index contributed by atoms with van der Waals surface area (Å²) in [7, 11) is 0. The van der Waals surface area contributed by atoms with Crippen LogP contribution in [0.3, 0.4) is 0 Å². The predicted molar refractivity (Wildman–Crippen MR) is 68.7 cm³/mol. The molecule has 1 rings (SSSR count). The molecule has 3 nitrogen and oxygen atoms in total. The van der Waals surface area contributed by atoms with Gasteiger partial charge < -0.3 is 5.32 Å². The van der Waals surface area contributed by atoms with E-state index >= 15 is 0 Å². The van der Waals surface area contributed by atoms with Crippen molar-refractivity contribution in [3.05, 3.63) is 30.3 Å². The summed E-state index contributed by atoms with van der Waals surface area (Å²) in [5, 5.41) is 3.74. The van der Waals surface area contributed by atoms with Gasteiger partial charge in [0.25, 0.3) is 0 Å². The smallest absolute Gasteiger partial charge is 0.185 e. The summed E-state index contributed by atoms with van der Waals surface area (Å²) in [6.07, 6.45) is 2.30. The summed E-state index contributed by atoms with van der Waals surface area (Å²) < 4.78 is 0. The van der Waals surface area contributed by atoms with Crippen LogP contribution in [0.1, 0.15) is 19.8 Å². The van der Waals surface area contributed by atoms with E-state index in [1.165, 1.54) is 6.42 Å². The number of thiocarbonyl (C=S) groups is 1. The van der Waals surface area contributed by atoms with Crippen molar-refractivity contribution in [2.45, 2.75) is 19.8 Å². The standard InChI is InChI=1S/C11H17N3S/c1-2-3-9-12-11(15)14-13-10-7-5-4-6-8-10/h4-8,13H,2-3,9H2,1H3,(H2,12,14,15). The summed E-state index contributed by atoms with van der Waals surface area (Å²) in [5.41, 5.74) is 6.94. The maximum atomic E-state index is 5.08. The number of hydrazine groups is 1. The van der Waals surface area contributed by atoms with Gasteiger partial charge in [0, 0.05) is 6.54 Å². The minimum atomic E-state index is 0.632. The third-order valence-corrected chi connectivity index (χ3v) is 2.16. The van der Waals surface area contributed by atoms with E-state index in [-0.39, 0.29) is 0 Å². The minimum absolute atomic E-state index is 0.632. The van der Waals surface area contributed by atoms with E-state index in [1.807, 2.05) is 30.3 Å². The monoisotopic (exact) mass is 223 g/mol. The average molecular weight is 223 g/mol. The number of rotatable bonds is 5. The molecular weight excluding hydrogens is 206 g/mol. The number of hydrogen-bond donors (Lipinski definition) is 3. The summed E-state index contributed by atoms with van der Waals surface area (Å²) in [6.45, 7) is 3.07. The van der Waals surface area contributed by atoms with Gasteiger partial charge in [0.05, 0.1) is 5.69 Å². The van der Waals surface area contributed by atoms with Crippen molar-refractivity contribution in [3.63, 3.8) is 0 Å². The molecule has 0 aliphatic carbocycles. The highest BCUT2D eigenvalue weighted by Gasteiger charge is 1.93. The average Bonchev–Trinajstić information content (AvgIpc) is 2.28. The molecule has 1 aromatic rings. The first-order valence-electron chi connectivity index (χ1n) is 5.18. The molecule has 15 heavy (non-hydrogen) atoms. The Bertz CT molecular complexity index is 287. The van der Waals surface area contributed by atoms with E-state index in [9.17, 15) is 0 Å². The van der Waals surface area contributed by atoms with Gasteiger partial charge in [-0.1, -0.05) is 31.5 Å². The van der Waals surface area contributed by atoms with Gasteiger partial charge in [-0.2, -0.15) is 0 Å². The first-order chi connectivity index (χ1) is 7.33. The van der Waals surface area contributed by atoms with Gasteiger partial charge in [0.2, 0.25) is 0 Å². The highest BCUT2D eigenvalue weighted by Crippen LogP contribution is 2.02. The van der Waals surface area contributed by atoms with Crippen LogP contribution in [0.2, 0.25) is 0 Å². The van der Waals surface area contributed by atoms with Crippen LogP contribution in [0.15, 0.2) is 30.3 Å². The van der Waals surface area contributed by atoms with Crippen molar-refractivity contribution in [3.8, 4) is 0 Å². The quantitative estimate of drug-likeness (QED) is 0.406. The van der Waals surface area contributed by atoms with Crippen molar-refractivity contribution in [2.24, 2.45) is 0 Å². The van der Waals surface area contributed by atoms with Gasteiger partial charge in [0.15, 0.2) is 5.11 Å². The highest BCUT2D eigenvalue weighted by molar-refractivity contribution is 7.80. The number of unbranched alkanes of at least 4 members (excludes halogenated alkanes) is 1. The largest absolute Gasteiger partial charge is 0.361 e. The summed E-state index contributed by atoms with van der Waals surface area (Å²) in [4.78, 5) is 0. The van der Waals surface area contributed by atoms with E-state index in [0.29, 0.717) is 5.11 Å². The second kappa shape index (κ2) is 7.06. The lowest BCUT2D eigenvalue weighted by molar-refractivity contribution is 0.748. The van der Waals surface area contributed by atoms with Crippen molar-refractivity contribution >= 4 is 23.0 Å². The molecule has 3 N–H and O–H groups in total. The van der Waals surface area contributed by atoms with Gasteiger partial charge in [-0.3, -0.25) is 10.9 Å². The second-order valence-electron chi connectivity index (χ2n) is 3.23. The molecule has 0 bridgehead atoms. The number of nitrogens with one attached hydrogen (secondary N) is 3. The van der Waals surface area contributed by atoms with Crippen LogP contribution in [0.25, 0.3) is 0 Å². The van der Waals surface area contributed by atoms with Gasteiger partial charge >= 0.3 is 0 Å². The van der Waals surface area contributed by atoms with Crippen LogP contribution in [0, 0.1) is 0 Å². The van der Waals surface area contributed by atoms with Crippen LogP contribution in [0.5, 0.6) is 0 Å². The lowest BCUT2D eigenvalue weighted by Crippen LogP contribution is -2.39. The highest BCUT2D eigenvalue weighted by atomic mass is 32.1. The molecule has 4 heteroatoms. The molecule has 0 saturated carbocycles.